The molecule has 0 spiro atoms. The average molecular weight is 511 g/mol. The second kappa shape index (κ2) is 10.1. The number of likely N-dealkylation sites (tertiary alicyclic amines) is 1. The number of rotatable bonds is 6. The van der Waals surface area contributed by atoms with Crippen LogP contribution in [0.2, 0.25) is 5.02 Å². The van der Waals surface area contributed by atoms with E-state index in [4.69, 9.17) is 25.6 Å². The van der Waals surface area contributed by atoms with Gasteiger partial charge in [0.1, 0.15) is 17.1 Å². The summed E-state index contributed by atoms with van der Waals surface area (Å²) in [4.78, 5) is 20.1. The third kappa shape index (κ3) is 5.50. The first-order valence-electron chi connectivity index (χ1n) is 12.3. The fraction of sp³-hybridized carbons (Fsp3) is 0.444. The number of fused-ring (bicyclic) bond motifs is 1. The Labute approximate surface area is 215 Å². The maximum atomic E-state index is 13.4. The van der Waals surface area contributed by atoms with E-state index in [9.17, 15) is 4.79 Å². The van der Waals surface area contributed by atoms with E-state index in [1.165, 1.54) is 0 Å². The van der Waals surface area contributed by atoms with Gasteiger partial charge in [-0.2, -0.15) is 4.98 Å². The summed E-state index contributed by atoms with van der Waals surface area (Å²) in [6.07, 6.45) is 2.46. The Morgan fingerprint density at radius 1 is 1.25 bits per heavy atom. The predicted octanol–water partition coefficient (Wildman–Crippen LogP) is 5.03. The Morgan fingerprint density at radius 3 is 2.83 bits per heavy atom. The summed E-state index contributed by atoms with van der Waals surface area (Å²) in [6.45, 7) is 6.12. The van der Waals surface area contributed by atoms with Gasteiger partial charge in [0, 0.05) is 29.1 Å². The number of methoxy groups -OCH3 is 1. The van der Waals surface area contributed by atoms with Crippen LogP contribution in [0.4, 0.5) is 0 Å². The molecule has 1 aromatic heterocycles. The predicted molar refractivity (Wildman–Crippen MR) is 136 cm³/mol. The van der Waals surface area contributed by atoms with E-state index in [1.54, 1.807) is 19.2 Å². The largest absolute Gasteiger partial charge is 0.497 e. The number of benzene rings is 2. The van der Waals surface area contributed by atoms with Crippen molar-refractivity contribution in [3.63, 3.8) is 0 Å². The monoisotopic (exact) mass is 510 g/mol. The Bertz CT molecular complexity index is 1230. The van der Waals surface area contributed by atoms with Crippen LogP contribution in [0.5, 0.6) is 11.5 Å². The van der Waals surface area contributed by atoms with Crippen molar-refractivity contribution in [2.75, 3.05) is 20.2 Å². The molecule has 1 fully saturated rings. The number of piperidine rings is 1. The smallest absolute Gasteiger partial charge is 0.241 e. The van der Waals surface area contributed by atoms with Gasteiger partial charge in [-0.05, 0) is 75.7 Å². The van der Waals surface area contributed by atoms with Crippen molar-refractivity contribution in [2.45, 2.75) is 51.3 Å². The molecule has 0 saturated carbocycles. The first-order chi connectivity index (χ1) is 17.3. The van der Waals surface area contributed by atoms with Gasteiger partial charge in [0.25, 0.3) is 0 Å². The normalized spacial score (nSPS) is 21.3. The molecule has 190 valence electrons. The number of carbonyl (C=O) groups excluding carboxylic acids is 1. The van der Waals surface area contributed by atoms with Crippen molar-refractivity contribution in [3.8, 4) is 22.9 Å². The van der Waals surface area contributed by atoms with Gasteiger partial charge in [-0.25, -0.2) is 0 Å². The van der Waals surface area contributed by atoms with Crippen LogP contribution in [0.25, 0.3) is 11.4 Å². The van der Waals surface area contributed by atoms with Crippen LogP contribution in [0.3, 0.4) is 0 Å². The van der Waals surface area contributed by atoms with Gasteiger partial charge in [-0.3, -0.25) is 9.69 Å². The van der Waals surface area contributed by atoms with Crippen molar-refractivity contribution in [3.05, 3.63) is 58.9 Å². The fourth-order valence-electron chi connectivity index (χ4n) is 5.02. The van der Waals surface area contributed by atoms with Crippen molar-refractivity contribution < 1.29 is 18.8 Å². The Kier molecular flexibility index (Phi) is 6.90. The minimum absolute atomic E-state index is 0.0588. The summed E-state index contributed by atoms with van der Waals surface area (Å²) in [5.74, 6) is 2.55. The fourth-order valence-corrected chi connectivity index (χ4v) is 5.14. The van der Waals surface area contributed by atoms with Gasteiger partial charge < -0.3 is 19.3 Å². The number of carbonyl (C=O) groups is 1. The number of hydrogen-bond donors (Lipinski definition) is 1. The molecule has 2 atom stereocenters. The average Bonchev–Trinajstić information content (AvgIpc) is 3.32. The number of amides is 1. The standard InChI is InChI=1S/C27H31ClN4O4/c1-27(2)14-22(21-13-20(34-3)10-11-23(21)35-27)29-26(33)18-5-4-12-32(15-18)16-24-30-25(31-36-24)17-6-8-19(28)9-7-17/h6-11,13,18,22H,4-5,12,14-16H2,1-3H3,(H,29,33). The van der Waals surface area contributed by atoms with Gasteiger partial charge in [0.15, 0.2) is 0 Å². The molecule has 1 saturated heterocycles. The van der Waals surface area contributed by atoms with Crippen LogP contribution in [-0.2, 0) is 11.3 Å². The Hall–Kier alpha value is -3.10. The Balaban J connectivity index is 1.24. The maximum absolute atomic E-state index is 13.4. The van der Waals surface area contributed by atoms with E-state index in [0.717, 1.165) is 42.0 Å². The second-order valence-electron chi connectivity index (χ2n) is 10.1. The topological polar surface area (TPSA) is 89.7 Å². The first kappa shape index (κ1) is 24.6. The van der Waals surface area contributed by atoms with Crippen LogP contribution in [0, 0.1) is 5.92 Å². The molecule has 0 aliphatic carbocycles. The summed E-state index contributed by atoms with van der Waals surface area (Å²) in [5.41, 5.74) is 1.43. The quantitative estimate of drug-likeness (QED) is 0.497. The molecule has 36 heavy (non-hydrogen) atoms. The zero-order chi connectivity index (χ0) is 25.3. The lowest BCUT2D eigenvalue weighted by molar-refractivity contribution is -0.128. The molecule has 2 aromatic carbocycles. The number of aromatic nitrogens is 2. The summed E-state index contributed by atoms with van der Waals surface area (Å²) in [6, 6.07) is 12.9. The van der Waals surface area contributed by atoms with Gasteiger partial charge in [-0.1, -0.05) is 16.8 Å². The van der Waals surface area contributed by atoms with E-state index in [0.29, 0.717) is 36.2 Å². The van der Waals surface area contributed by atoms with Gasteiger partial charge in [-0.15, -0.1) is 0 Å². The molecular formula is C27H31ClN4O4. The minimum Gasteiger partial charge on any atom is -0.497 e. The van der Waals surface area contributed by atoms with Crippen LogP contribution in [0.15, 0.2) is 47.0 Å². The molecule has 2 unspecified atom stereocenters. The molecule has 3 heterocycles. The van der Waals surface area contributed by atoms with Crippen LogP contribution in [-0.4, -0.2) is 46.7 Å². The van der Waals surface area contributed by atoms with Crippen molar-refractivity contribution >= 4 is 17.5 Å². The van der Waals surface area contributed by atoms with E-state index >= 15 is 0 Å². The van der Waals surface area contributed by atoms with Crippen molar-refractivity contribution in [2.24, 2.45) is 5.92 Å². The minimum atomic E-state index is -0.377. The van der Waals surface area contributed by atoms with Gasteiger partial charge in [0.2, 0.25) is 17.6 Å². The zero-order valence-corrected chi connectivity index (χ0v) is 21.5. The van der Waals surface area contributed by atoms with Crippen LogP contribution < -0.4 is 14.8 Å². The molecule has 0 radical (unpaired) electrons. The summed E-state index contributed by atoms with van der Waals surface area (Å²) in [5, 5.41) is 8.07. The maximum Gasteiger partial charge on any atom is 0.241 e. The molecule has 9 heteroatoms. The van der Waals surface area contributed by atoms with E-state index in [-0.39, 0.29) is 23.5 Å². The van der Waals surface area contributed by atoms with Crippen LogP contribution >= 0.6 is 11.6 Å². The highest BCUT2D eigenvalue weighted by atomic mass is 35.5. The molecule has 0 bridgehead atoms. The lowest BCUT2D eigenvalue weighted by Gasteiger charge is -2.39. The zero-order valence-electron chi connectivity index (χ0n) is 20.8. The van der Waals surface area contributed by atoms with Crippen molar-refractivity contribution in [1.29, 1.82) is 0 Å². The number of nitrogens with zero attached hydrogens (tertiary/aromatic N) is 3. The molecule has 2 aliphatic rings. The third-order valence-electron chi connectivity index (χ3n) is 6.80. The van der Waals surface area contributed by atoms with Crippen molar-refractivity contribution in [1.82, 2.24) is 20.4 Å². The Morgan fingerprint density at radius 2 is 2.06 bits per heavy atom. The second-order valence-corrected chi connectivity index (χ2v) is 10.6. The van der Waals surface area contributed by atoms with E-state index in [2.05, 4.69) is 20.4 Å². The molecule has 1 N–H and O–H groups in total. The number of ether oxygens (including phenoxy) is 2. The number of nitrogens with one attached hydrogen (secondary N) is 1. The number of hydrogen-bond acceptors (Lipinski definition) is 7. The highest BCUT2D eigenvalue weighted by molar-refractivity contribution is 6.30. The van der Waals surface area contributed by atoms with Gasteiger partial charge in [0.05, 0.1) is 25.6 Å². The highest BCUT2D eigenvalue weighted by Crippen LogP contribution is 2.41. The molecule has 8 nitrogen and oxygen atoms in total. The number of halogens is 1. The summed E-state index contributed by atoms with van der Waals surface area (Å²) >= 11 is 5.97. The third-order valence-corrected chi connectivity index (χ3v) is 7.05. The summed E-state index contributed by atoms with van der Waals surface area (Å²) in [7, 11) is 1.64. The molecular weight excluding hydrogens is 480 g/mol. The SMILES string of the molecule is COc1ccc2c(c1)C(NC(=O)C1CCCN(Cc3nc(-c4ccc(Cl)cc4)no3)C1)CC(C)(C)O2. The molecule has 1 amide bonds. The highest BCUT2D eigenvalue weighted by Gasteiger charge is 2.36. The van der Waals surface area contributed by atoms with E-state index < -0.39 is 0 Å². The molecule has 2 aliphatic heterocycles. The van der Waals surface area contributed by atoms with Crippen LogP contribution in [0.1, 0.15) is 50.6 Å². The summed E-state index contributed by atoms with van der Waals surface area (Å²) < 4.78 is 17.1. The van der Waals surface area contributed by atoms with Gasteiger partial charge >= 0.3 is 0 Å². The molecule has 5 rings (SSSR count). The first-order valence-corrected chi connectivity index (χ1v) is 12.7. The molecule has 3 aromatic rings. The lowest BCUT2D eigenvalue weighted by atomic mass is 9.88. The van der Waals surface area contributed by atoms with E-state index in [1.807, 2.05) is 44.2 Å². The lowest BCUT2D eigenvalue weighted by Crippen LogP contribution is -2.46.